The molecule has 0 saturated carbocycles. The molecule has 3 atom stereocenters. The fourth-order valence-electron chi connectivity index (χ4n) is 5.52. The molecule has 0 fully saturated rings. The fourth-order valence-corrected chi connectivity index (χ4v) is 5.52. The smallest absolute Gasteiger partial charge is 0.180 e. The van der Waals surface area contributed by atoms with Crippen LogP contribution in [0.25, 0.3) is 22.8 Å². The first-order chi connectivity index (χ1) is 18.0. The second-order valence-corrected chi connectivity index (χ2v) is 10.8. The van der Waals surface area contributed by atoms with Crippen LogP contribution in [0.4, 0.5) is 8.78 Å². The Bertz CT molecular complexity index is 1470. The van der Waals surface area contributed by atoms with Gasteiger partial charge in [0.15, 0.2) is 5.82 Å². The summed E-state index contributed by atoms with van der Waals surface area (Å²) in [5.74, 6) is -0.878. The second kappa shape index (κ2) is 9.59. The van der Waals surface area contributed by atoms with Crippen molar-refractivity contribution in [2.75, 3.05) is 6.61 Å². The van der Waals surface area contributed by atoms with Crippen molar-refractivity contribution < 1.29 is 19.0 Å². The molecule has 4 aromatic rings. The van der Waals surface area contributed by atoms with Gasteiger partial charge in [-0.25, -0.2) is 18.7 Å². The standard InChI is InChI=1S/C28H30F2N6O2/c1-16-13-27(2,3)28(4,25-18(16)12-22(33-34-25)24-19(29)6-5-7-20(24)30)23-8-10-31-26(32-23)21-9-11-36(35-21)14-17(38)15-37/h5-12,16-17,37-38H,13-15H2,1-4H3/t16-,17-,28+/m1/s1. The van der Waals surface area contributed by atoms with Crippen molar-refractivity contribution in [2.45, 2.75) is 58.1 Å². The lowest BCUT2D eigenvalue weighted by atomic mass is 9.54. The lowest BCUT2D eigenvalue weighted by Gasteiger charge is -2.49. The molecule has 1 aromatic carbocycles. The Labute approximate surface area is 219 Å². The fraction of sp³-hybridized carbons (Fsp3) is 0.393. The van der Waals surface area contributed by atoms with Crippen LogP contribution in [0.5, 0.6) is 0 Å². The van der Waals surface area contributed by atoms with Crippen LogP contribution in [0.3, 0.4) is 0 Å². The van der Waals surface area contributed by atoms with Crippen LogP contribution in [0, 0.1) is 17.0 Å². The van der Waals surface area contributed by atoms with E-state index in [2.05, 4.69) is 48.0 Å². The van der Waals surface area contributed by atoms with Gasteiger partial charge < -0.3 is 10.2 Å². The van der Waals surface area contributed by atoms with Crippen LogP contribution in [0.2, 0.25) is 0 Å². The molecule has 0 saturated heterocycles. The van der Waals surface area contributed by atoms with E-state index in [9.17, 15) is 13.9 Å². The van der Waals surface area contributed by atoms with Crippen LogP contribution < -0.4 is 0 Å². The van der Waals surface area contributed by atoms with Crippen LogP contribution in [-0.2, 0) is 12.0 Å². The maximum atomic E-state index is 14.5. The molecule has 8 nitrogen and oxygen atoms in total. The number of benzene rings is 1. The molecule has 2 N–H and O–H groups in total. The van der Waals surface area contributed by atoms with E-state index >= 15 is 0 Å². The van der Waals surface area contributed by atoms with E-state index in [1.807, 2.05) is 6.07 Å². The summed E-state index contributed by atoms with van der Waals surface area (Å²) in [6, 6.07) is 9.10. The van der Waals surface area contributed by atoms with Gasteiger partial charge in [0.1, 0.15) is 17.3 Å². The van der Waals surface area contributed by atoms with E-state index in [4.69, 9.17) is 10.1 Å². The molecule has 38 heavy (non-hydrogen) atoms. The summed E-state index contributed by atoms with van der Waals surface area (Å²) in [7, 11) is 0. The third-order valence-corrected chi connectivity index (χ3v) is 7.86. The molecule has 10 heteroatoms. The number of halogens is 2. The highest BCUT2D eigenvalue weighted by atomic mass is 19.1. The molecule has 5 rings (SSSR count). The largest absolute Gasteiger partial charge is 0.394 e. The summed E-state index contributed by atoms with van der Waals surface area (Å²) >= 11 is 0. The Morgan fingerprint density at radius 2 is 1.82 bits per heavy atom. The van der Waals surface area contributed by atoms with Crippen LogP contribution >= 0.6 is 0 Å². The summed E-state index contributed by atoms with van der Waals surface area (Å²) in [4.78, 5) is 9.31. The van der Waals surface area contributed by atoms with Crippen LogP contribution in [0.15, 0.2) is 48.8 Å². The van der Waals surface area contributed by atoms with Gasteiger partial charge in [0.2, 0.25) is 0 Å². The average molecular weight is 521 g/mol. The highest BCUT2D eigenvalue weighted by Crippen LogP contribution is 2.56. The van der Waals surface area contributed by atoms with E-state index in [0.717, 1.165) is 17.7 Å². The minimum Gasteiger partial charge on any atom is -0.394 e. The predicted octanol–water partition coefficient (Wildman–Crippen LogP) is 4.27. The van der Waals surface area contributed by atoms with Gasteiger partial charge in [-0.15, -0.1) is 5.10 Å². The first-order valence-electron chi connectivity index (χ1n) is 12.5. The molecule has 3 aromatic heterocycles. The second-order valence-electron chi connectivity index (χ2n) is 10.8. The number of fused-ring (bicyclic) bond motifs is 1. The van der Waals surface area contributed by atoms with Crippen LogP contribution in [-0.4, -0.2) is 52.9 Å². The monoisotopic (exact) mass is 520 g/mol. The van der Waals surface area contributed by atoms with Gasteiger partial charge in [-0.05, 0) is 60.6 Å². The zero-order valence-corrected chi connectivity index (χ0v) is 21.7. The molecule has 1 aliphatic carbocycles. The summed E-state index contributed by atoms with van der Waals surface area (Å²) in [6.45, 7) is 8.25. The molecular weight excluding hydrogens is 490 g/mol. The average Bonchev–Trinajstić information content (AvgIpc) is 3.35. The molecule has 0 aliphatic heterocycles. The number of rotatable bonds is 6. The Hall–Kier alpha value is -3.63. The maximum absolute atomic E-state index is 14.5. The first-order valence-corrected chi connectivity index (χ1v) is 12.5. The van der Waals surface area contributed by atoms with Gasteiger partial charge in [-0.2, -0.15) is 10.2 Å². The van der Waals surface area contributed by atoms with Gasteiger partial charge in [-0.1, -0.05) is 26.8 Å². The predicted molar refractivity (Wildman–Crippen MR) is 137 cm³/mol. The molecule has 0 amide bonds. The summed E-state index contributed by atoms with van der Waals surface area (Å²) in [5.41, 5.74) is 1.82. The summed E-state index contributed by atoms with van der Waals surface area (Å²) < 4.78 is 30.6. The van der Waals surface area contributed by atoms with Crippen molar-refractivity contribution in [1.29, 1.82) is 0 Å². The number of aliphatic hydroxyl groups excluding tert-OH is 2. The number of hydrogen-bond acceptors (Lipinski definition) is 7. The molecule has 0 spiro atoms. The maximum Gasteiger partial charge on any atom is 0.180 e. The quantitative estimate of drug-likeness (QED) is 0.391. The lowest BCUT2D eigenvalue weighted by Crippen LogP contribution is -2.47. The Kier molecular flexibility index (Phi) is 6.56. The topological polar surface area (TPSA) is 110 Å². The van der Waals surface area contributed by atoms with Gasteiger partial charge in [0.25, 0.3) is 0 Å². The van der Waals surface area contributed by atoms with Crippen molar-refractivity contribution in [2.24, 2.45) is 5.41 Å². The van der Waals surface area contributed by atoms with Gasteiger partial charge >= 0.3 is 0 Å². The summed E-state index contributed by atoms with van der Waals surface area (Å²) in [6.07, 6.45) is 3.24. The van der Waals surface area contributed by atoms with E-state index in [1.54, 1.807) is 24.5 Å². The zero-order chi connectivity index (χ0) is 27.2. The molecule has 0 bridgehead atoms. The van der Waals surface area contributed by atoms with Gasteiger partial charge in [-0.3, -0.25) is 4.68 Å². The molecule has 3 heterocycles. The minimum absolute atomic E-state index is 0.0760. The normalized spacial score (nSPS) is 21.2. The van der Waals surface area contributed by atoms with E-state index < -0.39 is 23.2 Å². The molecule has 0 radical (unpaired) electrons. The SMILES string of the molecule is C[C@@H]1CC(C)(C)[C@@](C)(c2ccnc(-c3ccn(C[C@@H](O)CO)n3)n2)c2nnc(-c3c(F)cccc3F)cc21. The molecule has 198 valence electrons. The van der Waals surface area contributed by atoms with Crippen LogP contribution in [0.1, 0.15) is 57.0 Å². The zero-order valence-electron chi connectivity index (χ0n) is 21.7. The van der Waals surface area contributed by atoms with E-state index in [0.29, 0.717) is 17.2 Å². The third-order valence-electron chi connectivity index (χ3n) is 7.86. The Morgan fingerprint density at radius 1 is 1.08 bits per heavy atom. The third kappa shape index (κ3) is 4.27. The Morgan fingerprint density at radius 3 is 2.53 bits per heavy atom. The highest BCUT2D eigenvalue weighted by Gasteiger charge is 2.52. The van der Waals surface area contributed by atoms with Crippen molar-refractivity contribution in [1.82, 2.24) is 29.9 Å². The number of hydrogen-bond donors (Lipinski definition) is 2. The van der Waals surface area contributed by atoms with Gasteiger partial charge in [0.05, 0.1) is 47.3 Å². The summed E-state index contributed by atoms with van der Waals surface area (Å²) in [5, 5.41) is 32.2. The van der Waals surface area contributed by atoms with Crippen molar-refractivity contribution in [3.8, 4) is 22.8 Å². The Balaban J connectivity index is 1.60. The minimum atomic E-state index is -0.920. The lowest BCUT2D eigenvalue weighted by molar-refractivity contribution is 0.0783. The number of aromatic nitrogens is 6. The van der Waals surface area contributed by atoms with Crippen molar-refractivity contribution in [3.05, 3.63) is 77.4 Å². The molecular formula is C28H30F2N6O2. The van der Waals surface area contributed by atoms with E-state index in [-0.39, 0.29) is 35.7 Å². The first kappa shape index (κ1) is 26.0. The van der Waals surface area contributed by atoms with Gasteiger partial charge in [0, 0.05) is 12.4 Å². The molecule has 0 unspecified atom stereocenters. The number of aliphatic hydroxyl groups is 2. The molecule has 1 aliphatic rings. The van der Waals surface area contributed by atoms with E-state index in [1.165, 1.54) is 22.9 Å². The number of nitrogens with zero attached hydrogens (tertiary/aromatic N) is 6. The highest BCUT2D eigenvalue weighted by molar-refractivity contribution is 5.62. The van der Waals surface area contributed by atoms with Crippen molar-refractivity contribution in [3.63, 3.8) is 0 Å². The van der Waals surface area contributed by atoms with Crippen molar-refractivity contribution >= 4 is 0 Å².